The second-order valence-electron chi connectivity index (χ2n) is 9.35. The van der Waals surface area contributed by atoms with Gasteiger partial charge in [0.05, 0.1) is 40.6 Å². The largest absolute Gasteiger partial charge is 0.494 e. The second-order valence-corrected chi connectivity index (χ2v) is 9.35. The first-order chi connectivity index (χ1) is 17.3. The summed E-state index contributed by atoms with van der Waals surface area (Å²) in [6.45, 7) is 1.86. The fourth-order valence-corrected chi connectivity index (χ4v) is 5.66. The van der Waals surface area contributed by atoms with Crippen LogP contribution in [0.5, 0.6) is 17.5 Å². The first-order valence-electron chi connectivity index (χ1n) is 11.5. The molecule has 2 aromatic carbocycles. The van der Waals surface area contributed by atoms with Gasteiger partial charge in [-0.05, 0) is 55.5 Å². The van der Waals surface area contributed by atoms with E-state index in [2.05, 4.69) is 11.1 Å². The molecule has 0 radical (unpaired) electrons. The van der Waals surface area contributed by atoms with Gasteiger partial charge in [0.15, 0.2) is 0 Å². The highest BCUT2D eigenvalue weighted by molar-refractivity contribution is 5.92. The number of nitriles is 1. The molecule has 0 amide bonds. The number of aliphatic hydroxyl groups is 1. The molecule has 2 aliphatic heterocycles. The molecule has 9 heteroatoms. The Labute approximate surface area is 205 Å². The maximum Gasteiger partial charge on any atom is 0.205 e. The van der Waals surface area contributed by atoms with Crippen molar-refractivity contribution in [3.05, 3.63) is 77.2 Å². The molecule has 0 saturated carbocycles. The van der Waals surface area contributed by atoms with Crippen molar-refractivity contribution in [2.45, 2.75) is 37.1 Å². The molecule has 3 N–H and O–H groups in total. The summed E-state index contributed by atoms with van der Waals surface area (Å²) in [5, 5.41) is 43.8. The van der Waals surface area contributed by atoms with Gasteiger partial charge in [0, 0.05) is 24.4 Å². The van der Waals surface area contributed by atoms with Gasteiger partial charge < -0.3 is 24.8 Å². The number of aromatic hydroxyl groups is 2. The van der Waals surface area contributed by atoms with Crippen molar-refractivity contribution in [3.63, 3.8) is 0 Å². The Bertz CT molecular complexity index is 1560. The van der Waals surface area contributed by atoms with Gasteiger partial charge >= 0.3 is 0 Å². The van der Waals surface area contributed by atoms with Gasteiger partial charge in [-0.1, -0.05) is 0 Å². The highest BCUT2D eigenvalue weighted by Crippen LogP contribution is 2.65. The van der Waals surface area contributed by atoms with Gasteiger partial charge in [-0.25, -0.2) is 4.39 Å². The Hall–Kier alpha value is -4.13. The molecule has 3 atom stereocenters. The van der Waals surface area contributed by atoms with E-state index in [9.17, 15) is 25.0 Å². The van der Waals surface area contributed by atoms with Crippen molar-refractivity contribution in [1.29, 1.82) is 5.26 Å². The van der Waals surface area contributed by atoms with Crippen LogP contribution in [0.25, 0.3) is 16.6 Å². The fraction of sp³-hybridized carbons (Fsp3) is 0.259. The zero-order chi connectivity index (χ0) is 25.2. The SMILES string of the molecule is C[C@@]12O[C@@](CCOc3ccc(F)cc3)(C[C@H]1O)c1c2c(O)n(-c2ccc(C#N)c3ncccc23)c1O. The number of rotatable bonds is 5. The predicted molar refractivity (Wildman–Crippen MR) is 126 cm³/mol. The minimum Gasteiger partial charge on any atom is -0.494 e. The molecule has 6 rings (SSSR count). The van der Waals surface area contributed by atoms with Crippen LogP contribution in [-0.2, 0) is 15.9 Å². The molecule has 8 nitrogen and oxygen atoms in total. The molecule has 182 valence electrons. The lowest BCUT2D eigenvalue weighted by atomic mass is 9.76. The maximum absolute atomic E-state index is 13.2. The van der Waals surface area contributed by atoms with Crippen molar-refractivity contribution in [2.75, 3.05) is 6.61 Å². The molecular formula is C27H22FN3O5. The summed E-state index contributed by atoms with van der Waals surface area (Å²) in [5.74, 6) is -0.352. The molecule has 1 fully saturated rings. The standard InChI is InChI=1S/C27H22FN3O5/c1-26-20(32)13-27(36-26,10-12-35-17-7-5-16(28)6-8-17)22-21(26)24(33)31(25(22)34)19-9-4-15(14-29)23-18(19)3-2-11-30-23/h2-9,11,20,32-34H,10,12-13H2,1H3/t20-,26-,27+/m1/s1. The van der Waals surface area contributed by atoms with Crippen LogP contribution >= 0.6 is 0 Å². The zero-order valence-electron chi connectivity index (χ0n) is 19.3. The van der Waals surface area contributed by atoms with Gasteiger partial charge in [-0.15, -0.1) is 0 Å². The van der Waals surface area contributed by atoms with Crippen LogP contribution in [-0.4, -0.2) is 37.6 Å². The lowest BCUT2D eigenvalue weighted by molar-refractivity contribution is -0.107. The third kappa shape index (κ3) is 2.95. The Morgan fingerprint density at radius 2 is 1.92 bits per heavy atom. The van der Waals surface area contributed by atoms with Gasteiger partial charge in [0.25, 0.3) is 0 Å². The number of benzene rings is 2. The topological polar surface area (TPSA) is 121 Å². The molecule has 4 heterocycles. The molecule has 2 bridgehead atoms. The lowest BCUT2D eigenvalue weighted by Crippen LogP contribution is -2.33. The number of nitrogens with zero attached hydrogens (tertiary/aromatic N) is 3. The highest BCUT2D eigenvalue weighted by atomic mass is 19.1. The number of halogens is 1. The predicted octanol–water partition coefficient (Wildman–Crippen LogP) is 4.12. The third-order valence-corrected chi connectivity index (χ3v) is 7.34. The first-order valence-corrected chi connectivity index (χ1v) is 11.5. The molecule has 0 spiro atoms. The molecule has 2 aromatic heterocycles. The van der Waals surface area contributed by atoms with Crippen LogP contribution in [0.1, 0.15) is 36.5 Å². The van der Waals surface area contributed by atoms with Crippen LogP contribution in [0.4, 0.5) is 4.39 Å². The smallest absolute Gasteiger partial charge is 0.205 e. The number of aromatic nitrogens is 2. The van der Waals surface area contributed by atoms with E-state index in [1.165, 1.54) is 28.8 Å². The van der Waals surface area contributed by atoms with E-state index < -0.39 is 17.3 Å². The van der Waals surface area contributed by atoms with E-state index in [0.717, 1.165) is 0 Å². The van der Waals surface area contributed by atoms with Crippen LogP contribution in [0.15, 0.2) is 54.7 Å². The van der Waals surface area contributed by atoms with Crippen LogP contribution in [0, 0.1) is 17.1 Å². The third-order valence-electron chi connectivity index (χ3n) is 7.34. The van der Waals surface area contributed by atoms with E-state index in [4.69, 9.17) is 9.47 Å². The average Bonchev–Trinajstić information content (AvgIpc) is 3.41. The lowest BCUT2D eigenvalue weighted by Gasteiger charge is -2.26. The Balaban J connectivity index is 1.45. The number of pyridine rings is 1. The molecule has 1 saturated heterocycles. The summed E-state index contributed by atoms with van der Waals surface area (Å²) < 4.78 is 26.6. The Morgan fingerprint density at radius 3 is 2.67 bits per heavy atom. The molecule has 36 heavy (non-hydrogen) atoms. The summed E-state index contributed by atoms with van der Waals surface area (Å²) in [4.78, 5) is 4.31. The molecule has 2 aliphatic rings. The van der Waals surface area contributed by atoms with Crippen LogP contribution < -0.4 is 4.74 Å². The van der Waals surface area contributed by atoms with Gasteiger partial charge in [-0.2, -0.15) is 5.26 Å². The summed E-state index contributed by atoms with van der Waals surface area (Å²) in [6, 6.07) is 14.5. The highest BCUT2D eigenvalue weighted by Gasteiger charge is 2.66. The minimum absolute atomic E-state index is 0.170. The van der Waals surface area contributed by atoms with Gasteiger partial charge in [0.2, 0.25) is 11.8 Å². The van der Waals surface area contributed by atoms with E-state index in [1.54, 1.807) is 37.4 Å². The molecule has 0 aliphatic carbocycles. The van der Waals surface area contributed by atoms with Crippen molar-refractivity contribution >= 4 is 10.9 Å². The van der Waals surface area contributed by atoms with Gasteiger partial charge in [0.1, 0.15) is 28.8 Å². The molecule has 0 unspecified atom stereocenters. The Morgan fingerprint density at radius 1 is 1.17 bits per heavy atom. The monoisotopic (exact) mass is 487 g/mol. The number of aliphatic hydroxyl groups excluding tert-OH is 1. The average molecular weight is 487 g/mol. The number of hydrogen-bond acceptors (Lipinski definition) is 7. The van der Waals surface area contributed by atoms with Crippen LogP contribution in [0.2, 0.25) is 0 Å². The molecular weight excluding hydrogens is 465 g/mol. The van der Waals surface area contributed by atoms with E-state index in [1.807, 2.05) is 0 Å². The van der Waals surface area contributed by atoms with E-state index in [-0.39, 0.29) is 37.0 Å². The summed E-state index contributed by atoms with van der Waals surface area (Å²) in [5.41, 5.74) is -0.364. The normalized spacial score (nSPS) is 24.1. The van der Waals surface area contributed by atoms with Crippen molar-refractivity contribution in [3.8, 4) is 29.3 Å². The van der Waals surface area contributed by atoms with E-state index >= 15 is 0 Å². The van der Waals surface area contributed by atoms with Crippen molar-refractivity contribution < 1.29 is 29.2 Å². The van der Waals surface area contributed by atoms with Crippen molar-refractivity contribution in [2.24, 2.45) is 0 Å². The minimum atomic E-state index is -1.24. The summed E-state index contributed by atoms with van der Waals surface area (Å²) in [7, 11) is 0. The number of ether oxygens (including phenoxy) is 2. The van der Waals surface area contributed by atoms with Crippen LogP contribution in [0.3, 0.4) is 0 Å². The van der Waals surface area contributed by atoms with Crippen molar-refractivity contribution in [1.82, 2.24) is 9.55 Å². The second kappa shape index (κ2) is 7.68. The quantitative estimate of drug-likeness (QED) is 0.387. The van der Waals surface area contributed by atoms with E-state index in [0.29, 0.717) is 39.0 Å². The summed E-state index contributed by atoms with van der Waals surface area (Å²) >= 11 is 0. The molecule has 4 aromatic rings. The Kier molecular flexibility index (Phi) is 4.77. The number of fused-ring (bicyclic) bond motifs is 6. The maximum atomic E-state index is 13.2. The fourth-order valence-electron chi connectivity index (χ4n) is 5.66. The summed E-state index contributed by atoms with van der Waals surface area (Å²) in [6.07, 6.45) is 1.13. The van der Waals surface area contributed by atoms with Gasteiger partial charge in [-0.3, -0.25) is 9.55 Å². The number of hydrogen-bond donors (Lipinski definition) is 3. The first kappa shape index (κ1) is 22.3. The zero-order valence-corrected chi connectivity index (χ0v) is 19.3.